The molecule has 0 atom stereocenters. The Morgan fingerprint density at radius 3 is 2.85 bits per heavy atom. The summed E-state index contributed by atoms with van der Waals surface area (Å²) in [5.41, 5.74) is 0.877. The molecule has 2 heterocycles. The van der Waals surface area contributed by atoms with Crippen LogP contribution in [0.4, 0.5) is 0 Å². The predicted octanol–water partition coefficient (Wildman–Crippen LogP) is 0.370. The lowest BCUT2D eigenvalue weighted by molar-refractivity contribution is 0.746. The van der Waals surface area contributed by atoms with Gasteiger partial charge < -0.3 is 0 Å². The number of fused-ring (bicyclic) bond motifs is 1. The summed E-state index contributed by atoms with van der Waals surface area (Å²) in [6, 6.07) is 0. The fraction of sp³-hybridized carbons (Fsp3) is 0.556. The van der Waals surface area contributed by atoms with Gasteiger partial charge in [-0.3, -0.25) is 14.4 Å². The molecule has 3 nitrogen and oxygen atoms in total. The predicted molar refractivity (Wildman–Crippen MR) is 55.7 cm³/mol. The first-order chi connectivity index (χ1) is 6.33. The van der Waals surface area contributed by atoms with Gasteiger partial charge in [-0.05, 0) is 6.92 Å². The van der Waals surface area contributed by atoms with E-state index < -0.39 is 0 Å². The second-order valence-corrected chi connectivity index (χ2v) is 3.37. The molecule has 0 aliphatic carbocycles. The van der Waals surface area contributed by atoms with Gasteiger partial charge in [-0.1, -0.05) is 31.3 Å². The zero-order chi connectivity index (χ0) is 9.84. The smallest absolute Gasteiger partial charge is 0.282 e. The van der Waals surface area contributed by atoms with Crippen molar-refractivity contribution in [2.75, 3.05) is 6.54 Å². The number of rotatable bonds is 0. The summed E-state index contributed by atoms with van der Waals surface area (Å²) in [6.07, 6.45) is 1.94. The second kappa shape index (κ2) is 4.37. The molecule has 1 aliphatic heterocycles. The van der Waals surface area contributed by atoms with Crippen LogP contribution >= 0.6 is 11.3 Å². The summed E-state index contributed by atoms with van der Waals surface area (Å²) < 4.78 is 2.74. The molecule has 0 saturated heterocycles. The quantitative estimate of drug-likeness (QED) is 0.593. The average Bonchev–Trinajstić information content (AvgIpc) is 2.73. The van der Waals surface area contributed by atoms with Crippen LogP contribution in [0.15, 0.2) is 9.79 Å². The van der Waals surface area contributed by atoms with Crippen molar-refractivity contribution in [3.05, 3.63) is 19.7 Å². The molecule has 0 saturated carbocycles. The zero-order valence-corrected chi connectivity index (χ0v) is 9.02. The van der Waals surface area contributed by atoms with E-state index in [4.69, 9.17) is 0 Å². The third-order valence-corrected chi connectivity index (χ3v) is 2.77. The molecule has 0 aromatic carbocycles. The van der Waals surface area contributed by atoms with Crippen molar-refractivity contribution < 1.29 is 0 Å². The molecule has 4 heteroatoms. The Hall–Kier alpha value is -0.900. The lowest BCUT2D eigenvalue weighted by atomic mass is 10.6. The standard InChI is InChI=1S/C7H8N2OS.C2H6/c1-2-5-6-8-3-4-9(6)7(10)11-5;1-2/h2H,3-4H2,1H3;1-2H3. The van der Waals surface area contributed by atoms with Gasteiger partial charge in [0.15, 0.2) is 0 Å². The first-order valence-electron chi connectivity index (χ1n) is 4.53. The second-order valence-electron chi connectivity index (χ2n) is 2.38. The molecule has 0 unspecified atom stereocenters. The van der Waals surface area contributed by atoms with E-state index in [1.165, 1.54) is 11.3 Å². The van der Waals surface area contributed by atoms with E-state index in [0.717, 1.165) is 23.1 Å². The number of hydrogen-bond donors (Lipinski definition) is 0. The van der Waals surface area contributed by atoms with Gasteiger partial charge in [0.25, 0.3) is 0 Å². The van der Waals surface area contributed by atoms with Crippen LogP contribution in [0.5, 0.6) is 0 Å². The monoisotopic (exact) mass is 198 g/mol. The summed E-state index contributed by atoms with van der Waals surface area (Å²) >= 11 is 1.27. The third-order valence-electron chi connectivity index (χ3n) is 1.74. The minimum atomic E-state index is 0.120. The molecule has 1 aromatic rings. The molecule has 0 N–H and O–H groups in total. The van der Waals surface area contributed by atoms with Gasteiger partial charge in [-0.25, -0.2) is 0 Å². The van der Waals surface area contributed by atoms with Crippen molar-refractivity contribution in [3.8, 4) is 0 Å². The van der Waals surface area contributed by atoms with Crippen molar-refractivity contribution in [2.24, 2.45) is 4.99 Å². The van der Waals surface area contributed by atoms with E-state index in [0.29, 0.717) is 0 Å². The van der Waals surface area contributed by atoms with Crippen molar-refractivity contribution in [1.82, 2.24) is 4.57 Å². The molecule has 13 heavy (non-hydrogen) atoms. The van der Waals surface area contributed by atoms with Crippen molar-refractivity contribution >= 4 is 17.4 Å². The maximum absolute atomic E-state index is 11.2. The summed E-state index contributed by atoms with van der Waals surface area (Å²) in [7, 11) is 0. The van der Waals surface area contributed by atoms with Crippen LogP contribution in [-0.4, -0.2) is 11.1 Å². The molecule has 0 radical (unpaired) electrons. The van der Waals surface area contributed by atoms with Crippen LogP contribution in [0.1, 0.15) is 20.8 Å². The van der Waals surface area contributed by atoms with Gasteiger partial charge in [0, 0.05) is 6.54 Å². The Labute approximate surface area is 81.1 Å². The van der Waals surface area contributed by atoms with E-state index in [-0.39, 0.29) is 4.87 Å². The maximum Gasteiger partial charge on any atom is 0.309 e. The SMILES string of the molecule is CC.CC=c1sc(=O)n2c1=NCC2. The van der Waals surface area contributed by atoms with Gasteiger partial charge in [0.1, 0.15) is 5.49 Å². The van der Waals surface area contributed by atoms with Crippen molar-refractivity contribution in [2.45, 2.75) is 27.3 Å². The highest BCUT2D eigenvalue weighted by Gasteiger charge is 2.07. The Bertz CT molecular complexity index is 441. The van der Waals surface area contributed by atoms with Gasteiger partial charge in [-0.2, -0.15) is 0 Å². The first-order valence-corrected chi connectivity index (χ1v) is 5.35. The molecule has 0 fully saturated rings. The fourth-order valence-electron chi connectivity index (χ4n) is 1.22. The molecular formula is C9H14N2OS. The van der Waals surface area contributed by atoms with Crippen LogP contribution in [0.3, 0.4) is 0 Å². The molecular weight excluding hydrogens is 184 g/mol. The van der Waals surface area contributed by atoms with Crippen LogP contribution in [-0.2, 0) is 6.54 Å². The Morgan fingerprint density at radius 1 is 1.54 bits per heavy atom. The number of nitrogens with zero attached hydrogens (tertiary/aromatic N) is 2. The number of thiazole rings is 1. The number of hydrogen-bond acceptors (Lipinski definition) is 3. The summed E-state index contributed by atoms with van der Waals surface area (Å²) in [4.78, 5) is 15.5. The highest BCUT2D eigenvalue weighted by Crippen LogP contribution is 1.84. The number of aromatic nitrogens is 1. The fourth-order valence-corrected chi connectivity index (χ4v) is 2.08. The third kappa shape index (κ3) is 1.72. The lowest BCUT2D eigenvalue weighted by Crippen LogP contribution is -2.27. The van der Waals surface area contributed by atoms with Crippen LogP contribution < -0.4 is 14.9 Å². The van der Waals surface area contributed by atoms with Crippen LogP contribution in [0.25, 0.3) is 6.08 Å². The summed E-state index contributed by atoms with van der Waals surface area (Å²) in [5.74, 6) is 0. The molecule has 2 rings (SSSR count). The van der Waals surface area contributed by atoms with E-state index in [9.17, 15) is 4.79 Å². The largest absolute Gasteiger partial charge is 0.309 e. The van der Waals surface area contributed by atoms with Crippen LogP contribution in [0, 0.1) is 0 Å². The van der Waals surface area contributed by atoms with Gasteiger partial charge in [-0.15, -0.1) is 0 Å². The van der Waals surface area contributed by atoms with Crippen molar-refractivity contribution in [3.63, 3.8) is 0 Å². The van der Waals surface area contributed by atoms with Gasteiger partial charge in [0.2, 0.25) is 0 Å². The molecule has 72 valence electrons. The Kier molecular flexibility index (Phi) is 3.42. The molecule has 1 aliphatic rings. The minimum Gasteiger partial charge on any atom is -0.282 e. The highest BCUT2D eigenvalue weighted by atomic mass is 32.1. The van der Waals surface area contributed by atoms with E-state index in [1.54, 1.807) is 4.57 Å². The molecule has 0 spiro atoms. The molecule has 1 aromatic heterocycles. The topological polar surface area (TPSA) is 34.4 Å². The van der Waals surface area contributed by atoms with Crippen LogP contribution in [0.2, 0.25) is 0 Å². The van der Waals surface area contributed by atoms with E-state index in [2.05, 4.69) is 4.99 Å². The maximum atomic E-state index is 11.2. The molecule has 0 bridgehead atoms. The summed E-state index contributed by atoms with van der Waals surface area (Å²) in [5, 5.41) is 0. The van der Waals surface area contributed by atoms with E-state index in [1.807, 2.05) is 26.8 Å². The first kappa shape index (κ1) is 10.2. The van der Waals surface area contributed by atoms with Gasteiger partial charge >= 0.3 is 4.87 Å². The normalized spacial score (nSPS) is 14.5. The summed E-state index contributed by atoms with van der Waals surface area (Å²) in [6.45, 7) is 7.46. The molecule has 0 amide bonds. The Morgan fingerprint density at radius 2 is 2.23 bits per heavy atom. The van der Waals surface area contributed by atoms with Crippen molar-refractivity contribution in [1.29, 1.82) is 0 Å². The average molecular weight is 198 g/mol. The van der Waals surface area contributed by atoms with E-state index >= 15 is 0 Å². The Balaban J connectivity index is 0.000000396. The van der Waals surface area contributed by atoms with Gasteiger partial charge in [0.05, 0.1) is 11.1 Å². The highest BCUT2D eigenvalue weighted by molar-refractivity contribution is 7.07. The zero-order valence-electron chi connectivity index (χ0n) is 8.20. The lowest BCUT2D eigenvalue weighted by Gasteiger charge is -1.84. The minimum absolute atomic E-state index is 0.120.